The van der Waals surface area contributed by atoms with Crippen LogP contribution < -0.4 is 5.73 Å². The molecule has 1 heterocycles. The normalized spacial score (nSPS) is 21.1. The number of likely N-dealkylation sites (tertiary alicyclic amines) is 1. The Balaban J connectivity index is 2.21. The van der Waals surface area contributed by atoms with E-state index in [-0.39, 0.29) is 6.04 Å². The van der Waals surface area contributed by atoms with Crippen LogP contribution in [0.1, 0.15) is 43.4 Å². The average Bonchev–Trinajstić information content (AvgIpc) is 2.30. The number of hydrogen-bond donors (Lipinski definition) is 1. The summed E-state index contributed by atoms with van der Waals surface area (Å²) in [6.07, 6.45) is 4.00. The van der Waals surface area contributed by atoms with Crippen molar-refractivity contribution in [3.63, 3.8) is 0 Å². The molecule has 2 nitrogen and oxygen atoms in total. The average molecular weight is 232 g/mol. The molecule has 0 aromatic heterocycles. The van der Waals surface area contributed by atoms with Crippen molar-refractivity contribution in [2.45, 2.75) is 45.2 Å². The maximum absolute atomic E-state index is 6.21. The van der Waals surface area contributed by atoms with Crippen LogP contribution in [0.15, 0.2) is 24.3 Å². The minimum absolute atomic E-state index is 0.190. The molecule has 1 aliphatic heterocycles. The standard InChI is InChI=1S/C15H24N2/c1-12-7-6-8-14(11-12)15(13(2)16)17-9-4-3-5-10-17/h6-8,11,13,15H,3-5,9-10,16H2,1-2H3. The summed E-state index contributed by atoms with van der Waals surface area (Å²) in [7, 11) is 0. The lowest BCUT2D eigenvalue weighted by Gasteiger charge is -2.37. The fraction of sp³-hybridized carbons (Fsp3) is 0.600. The highest BCUT2D eigenvalue weighted by Gasteiger charge is 2.25. The molecule has 2 atom stereocenters. The number of nitrogens with two attached hydrogens (primary N) is 1. The van der Waals surface area contributed by atoms with Crippen LogP contribution in [0.3, 0.4) is 0 Å². The molecule has 2 heteroatoms. The molecule has 0 aliphatic carbocycles. The summed E-state index contributed by atoms with van der Waals surface area (Å²) in [5, 5.41) is 0. The Hall–Kier alpha value is -0.860. The summed E-state index contributed by atoms with van der Waals surface area (Å²) < 4.78 is 0. The van der Waals surface area contributed by atoms with Crippen molar-refractivity contribution in [2.75, 3.05) is 13.1 Å². The van der Waals surface area contributed by atoms with E-state index in [4.69, 9.17) is 5.73 Å². The Morgan fingerprint density at radius 3 is 2.47 bits per heavy atom. The second-order valence-corrected chi connectivity index (χ2v) is 5.31. The third kappa shape index (κ3) is 3.08. The van der Waals surface area contributed by atoms with Gasteiger partial charge in [-0.1, -0.05) is 36.2 Å². The highest BCUT2D eigenvalue weighted by Crippen LogP contribution is 2.27. The van der Waals surface area contributed by atoms with Gasteiger partial charge in [-0.15, -0.1) is 0 Å². The van der Waals surface area contributed by atoms with Gasteiger partial charge in [-0.3, -0.25) is 4.90 Å². The van der Waals surface area contributed by atoms with E-state index in [9.17, 15) is 0 Å². The van der Waals surface area contributed by atoms with Crippen LogP contribution in [0, 0.1) is 6.92 Å². The Morgan fingerprint density at radius 2 is 1.88 bits per heavy atom. The van der Waals surface area contributed by atoms with Gasteiger partial charge in [0, 0.05) is 12.1 Å². The van der Waals surface area contributed by atoms with Gasteiger partial charge in [0.15, 0.2) is 0 Å². The molecule has 1 fully saturated rings. The van der Waals surface area contributed by atoms with Crippen LogP contribution in [-0.4, -0.2) is 24.0 Å². The van der Waals surface area contributed by atoms with Gasteiger partial charge >= 0.3 is 0 Å². The molecule has 17 heavy (non-hydrogen) atoms. The Morgan fingerprint density at radius 1 is 1.18 bits per heavy atom. The van der Waals surface area contributed by atoms with Gasteiger partial charge in [0.1, 0.15) is 0 Å². The monoisotopic (exact) mass is 232 g/mol. The lowest BCUT2D eigenvalue weighted by Crippen LogP contribution is -2.42. The fourth-order valence-corrected chi connectivity index (χ4v) is 2.90. The van der Waals surface area contributed by atoms with Gasteiger partial charge < -0.3 is 5.73 Å². The zero-order valence-corrected chi connectivity index (χ0v) is 11.0. The van der Waals surface area contributed by atoms with E-state index in [1.54, 1.807) is 0 Å². The molecule has 2 N–H and O–H groups in total. The number of hydrogen-bond acceptors (Lipinski definition) is 2. The van der Waals surface area contributed by atoms with E-state index < -0.39 is 0 Å². The van der Waals surface area contributed by atoms with Crippen molar-refractivity contribution in [1.82, 2.24) is 4.90 Å². The third-order valence-electron chi connectivity index (χ3n) is 3.67. The summed E-state index contributed by atoms with van der Waals surface area (Å²) in [5.41, 5.74) is 8.91. The Labute approximate surface area is 105 Å². The van der Waals surface area contributed by atoms with E-state index >= 15 is 0 Å². The summed E-state index contributed by atoms with van der Waals surface area (Å²) >= 11 is 0. The molecule has 1 aromatic rings. The molecule has 0 saturated carbocycles. The summed E-state index contributed by atoms with van der Waals surface area (Å²) in [6, 6.07) is 9.37. The number of aryl methyl sites for hydroxylation is 1. The fourth-order valence-electron chi connectivity index (χ4n) is 2.90. The highest BCUT2D eigenvalue weighted by molar-refractivity contribution is 5.26. The molecule has 0 amide bonds. The SMILES string of the molecule is Cc1cccc(C(C(C)N)N2CCCCC2)c1. The van der Waals surface area contributed by atoms with Crippen LogP contribution in [0.4, 0.5) is 0 Å². The number of piperidine rings is 1. The van der Waals surface area contributed by atoms with Crippen molar-refractivity contribution in [3.05, 3.63) is 35.4 Å². The van der Waals surface area contributed by atoms with Crippen molar-refractivity contribution < 1.29 is 0 Å². The van der Waals surface area contributed by atoms with Crippen molar-refractivity contribution in [1.29, 1.82) is 0 Å². The van der Waals surface area contributed by atoms with Gasteiger partial charge in [-0.2, -0.15) is 0 Å². The van der Waals surface area contributed by atoms with Gasteiger partial charge in [0.25, 0.3) is 0 Å². The lowest BCUT2D eigenvalue weighted by atomic mass is 9.95. The molecule has 2 rings (SSSR count). The first kappa shape index (κ1) is 12.6. The topological polar surface area (TPSA) is 29.3 Å². The Bertz CT molecular complexity index is 354. The van der Waals surface area contributed by atoms with Crippen LogP contribution in [-0.2, 0) is 0 Å². The lowest BCUT2D eigenvalue weighted by molar-refractivity contribution is 0.146. The molecule has 0 spiro atoms. The zero-order valence-electron chi connectivity index (χ0n) is 11.0. The van der Waals surface area contributed by atoms with Crippen molar-refractivity contribution in [3.8, 4) is 0 Å². The zero-order chi connectivity index (χ0) is 12.3. The summed E-state index contributed by atoms with van der Waals surface area (Å²) in [6.45, 7) is 6.67. The molecule has 0 radical (unpaired) electrons. The van der Waals surface area contributed by atoms with Gasteiger partial charge in [-0.25, -0.2) is 0 Å². The Kier molecular flexibility index (Phi) is 4.19. The molecular formula is C15H24N2. The summed E-state index contributed by atoms with van der Waals surface area (Å²) in [4.78, 5) is 2.56. The predicted octanol–water partition coefficient (Wildman–Crippen LogP) is 2.87. The van der Waals surface area contributed by atoms with Gasteiger partial charge in [0.2, 0.25) is 0 Å². The summed E-state index contributed by atoms with van der Waals surface area (Å²) in [5.74, 6) is 0. The van der Waals surface area contributed by atoms with E-state index in [0.717, 1.165) is 0 Å². The van der Waals surface area contributed by atoms with E-state index in [2.05, 4.69) is 43.0 Å². The molecule has 94 valence electrons. The quantitative estimate of drug-likeness (QED) is 0.868. The van der Waals surface area contributed by atoms with Gasteiger partial charge in [-0.05, 0) is 45.3 Å². The molecule has 1 aromatic carbocycles. The number of nitrogens with zero attached hydrogens (tertiary/aromatic N) is 1. The molecule has 2 unspecified atom stereocenters. The first-order valence-corrected chi connectivity index (χ1v) is 6.74. The van der Waals surface area contributed by atoms with E-state index in [1.165, 1.54) is 43.5 Å². The van der Waals surface area contributed by atoms with Crippen molar-refractivity contribution in [2.24, 2.45) is 5.73 Å². The first-order chi connectivity index (χ1) is 8.18. The largest absolute Gasteiger partial charge is 0.326 e. The van der Waals surface area contributed by atoms with E-state index in [0.29, 0.717) is 6.04 Å². The first-order valence-electron chi connectivity index (χ1n) is 6.74. The smallest absolute Gasteiger partial charge is 0.0496 e. The second-order valence-electron chi connectivity index (χ2n) is 5.31. The third-order valence-corrected chi connectivity index (χ3v) is 3.67. The van der Waals surface area contributed by atoms with Crippen LogP contribution in [0.2, 0.25) is 0 Å². The molecule has 1 saturated heterocycles. The van der Waals surface area contributed by atoms with Crippen LogP contribution >= 0.6 is 0 Å². The van der Waals surface area contributed by atoms with Crippen LogP contribution in [0.5, 0.6) is 0 Å². The predicted molar refractivity (Wildman–Crippen MR) is 73.0 cm³/mol. The molecular weight excluding hydrogens is 208 g/mol. The maximum Gasteiger partial charge on any atom is 0.0496 e. The number of benzene rings is 1. The molecule has 1 aliphatic rings. The maximum atomic E-state index is 6.21. The van der Waals surface area contributed by atoms with Crippen molar-refractivity contribution >= 4 is 0 Å². The minimum atomic E-state index is 0.190. The van der Waals surface area contributed by atoms with Crippen LogP contribution in [0.25, 0.3) is 0 Å². The van der Waals surface area contributed by atoms with Gasteiger partial charge in [0.05, 0.1) is 0 Å². The highest BCUT2D eigenvalue weighted by atomic mass is 15.2. The number of rotatable bonds is 3. The minimum Gasteiger partial charge on any atom is -0.326 e. The molecule has 0 bridgehead atoms. The van der Waals surface area contributed by atoms with E-state index in [1.807, 2.05) is 0 Å². The second kappa shape index (κ2) is 5.65.